The fourth-order valence-corrected chi connectivity index (χ4v) is 3.90. The molecule has 1 aliphatic carbocycles. The molecule has 1 aromatic heterocycles. The first-order chi connectivity index (χ1) is 10.2. The highest BCUT2D eigenvalue weighted by Crippen LogP contribution is 2.29. The van der Waals surface area contributed by atoms with E-state index in [9.17, 15) is 4.79 Å². The number of hydrogen-bond acceptors (Lipinski definition) is 3. The van der Waals surface area contributed by atoms with Crippen molar-refractivity contribution in [2.45, 2.75) is 38.5 Å². The van der Waals surface area contributed by atoms with Gasteiger partial charge in [0.25, 0.3) is 5.91 Å². The van der Waals surface area contributed by atoms with E-state index in [0.717, 1.165) is 17.7 Å². The predicted octanol–water partition coefficient (Wildman–Crippen LogP) is 4.24. The molecule has 0 atom stereocenters. The topological polar surface area (TPSA) is 55.1 Å². The van der Waals surface area contributed by atoms with E-state index in [1.54, 1.807) is 17.4 Å². The molecule has 0 spiro atoms. The maximum Gasteiger partial charge on any atom is 0.265 e. The van der Waals surface area contributed by atoms with Crippen molar-refractivity contribution in [1.82, 2.24) is 0 Å². The number of amides is 1. The van der Waals surface area contributed by atoms with E-state index in [1.807, 2.05) is 18.2 Å². The van der Waals surface area contributed by atoms with Crippen LogP contribution in [0.1, 0.15) is 45.8 Å². The maximum absolute atomic E-state index is 12.4. The number of carbonyl (C=O) groups is 1. The van der Waals surface area contributed by atoms with Gasteiger partial charge >= 0.3 is 0 Å². The van der Waals surface area contributed by atoms with E-state index in [4.69, 9.17) is 5.73 Å². The number of thiophene rings is 1. The fourth-order valence-electron chi connectivity index (χ4n) is 2.75. The number of nitrogens with one attached hydrogen (secondary N) is 1. The summed E-state index contributed by atoms with van der Waals surface area (Å²) < 4.78 is 0. The smallest absolute Gasteiger partial charge is 0.265 e. The van der Waals surface area contributed by atoms with E-state index in [2.05, 4.69) is 11.4 Å². The molecule has 0 bridgehead atoms. The number of rotatable bonds is 2. The van der Waals surface area contributed by atoms with Crippen LogP contribution in [0, 0.1) is 0 Å². The van der Waals surface area contributed by atoms with Crippen LogP contribution in [0.25, 0.3) is 0 Å². The molecular formula is C17H20N2OS. The molecule has 21 heavy (non-hydrogen) atoms. The van der Waals surface area contributed by atoms with Crippen LogP contribution in [0.5, 0.6) is 0 Å². The Morgan fingerprint density at radius 1 is 1.10 bits per heavy atom. The monoisotopic (exact) mass is 300 g/mol. The number of para-hydroxylation sites is 2. The lowest BCUT2D eigenvalue weighted by Gasteiger charge is -2.07. The minimum Gasteiger partial charge on any atom is -0.397 e. The van der Waals surface area contributed by atoms with Crippen LogP contribution in [0.15, 0.2) is 30.3 Å². The van der Waals surface area contributed by atoms with Crippen molar-refractivity contribution in [1.29, 1.82) is 0 Å². The van der Waals surface area contributed by atoms with Gasteiger partial charge in [0.15, 0.2) is 0 Å². The van der Waals surface area contributed by atoms with Crippen molar-refractivity contribution < 1.29 is 4.79 Å². The van der Waals surface area contributed by atoms with Crippen LogP contribution in [-0.4, -0.2) is 5.91 Å². The van der Waals surface area contributed by atoms with E-state index in [1.165, 1.54) is 36.1 Å². The number of nitrogens with two attached hydrogens (primary N) is 1. The molecule has 3 N–H and O–H groups in total. The van der Waals surface area contributed by atoms with Gasteiger partial charge in [0, 0.05) is 4.88 Å². The lowest BCUT2D eigenvalue weighted by molar-refractivity contribution is 0.103. The second kappa shape index (κ2) is 6.31. The molecule has 1 aliphatic rings. The van der Waals surface area contributed by atoms with Gasteiger partial charge in [0.2, 0.25) is 0 Å². The summed E-state index contributed by atoms with van der Waals surface area (Å²) in [6.07, 6.45) is 7.29. The largest absolute Gasteiger partial charge is 0.397 e. The molecule has 2 aromatic rings. The maximum atomic E-state index is 12.4. The first kappa shape index (κ1) is 14.1. The number of fused-ring (bicyclic) bond motifs is 1. The molecule has 4 heteroatoms. The third kappa shape index (κ3) is 3.27. The standard InChI is InChI=1S/C17H20N2OS/c18-13-8-5-6-9-14(13)19-17(20)16-11-12-7-3-1-2-4-10-15(12)21-16/h5-6,8-9,11H,1-4,7,10,18H2,(H,19,20). The zero-order valence-electron chi connectivity index (χ0n) is 12.0. The third-order valence-electron chi connectivity index (χ3n) is 3.93. The Morgan fingerprint density at radius 3 is 2.67 bits per heavy atom. The molecule has 0 aliphatic heterocycles. The second-order valence-electron chi connectivity index (χ2n) is 5.51. The lowest BCUT2D eigenvalue weighted by atomic mass is 10.00. The van der Waals surface area contributed by atoms with Gasteiger partial charge in [-0.1, -0.05) is 25.0 Å². The van der Waals surface area contributed by atoms with Gasteiger partial charge in [-0.15, -0.1) is 11.3 Å². The summed E-state index contributed by atoms with van der Waals surface area (Å²) in [6.45, 7) is 0. The van der Waals surface area contributed by atoms with Crippen LogP contribution in [0.2, 0.25) is 0 Å². The van der Waals surface area contributed by atoms with Gasteiger partial charge in [-0.3, -0.25) is 4.79 Å². The molecule has 1 heterocycles. The van der Waals surface area contributed by atoms with Crippen molar-refractivity contribution in [3.63, 3.8) is 0 Å². The van der Waals surface area contributed by atoms with Gasteiger partial charge in [0.1, 0.15) is 0 Å². The van der Waals surface area contributed by atoms with Gasteiger partial charge in [-0.05, 0) is 49.4 Å². The molecular weight excluding hydrogens is 280 g/mol. The molecule has 0 unspecified atom stereocenters. The van der Waals surface area contributed by atoms with Crippen LogP contribution < -0.4 is 11.1 Å². The number of hydrogen-bond donors (Lipinski definition) is 2. The Bertz CT molecular complexity index is 622. The summed E-state index contributed by atoms with van der Waals surface area (Å²) >= 11 is 1.64. The highest BCUT2D eigenvalue weighted by molar-refractivity contribution is 7.14. The Labute approximate surface area is 129 Å². The minimum atomic E-state index is -0.0513. The van der Waals surface area contributed by atoms with Gasteiger partial charge in [-0.2, -0.15) is 0 Å². The lowest BCUT2D eigenvalue weighted by Crippen LogP contribution is -2.11. The molecule has 0 saturated heterocycles. The Balaban J connectivity index is 1.79. The van der Waals surface area contributed by atoms with Gasteiger partial charge in [0.05, 0.1) is 16.3 Å². The second-order valence-corrected chi connectivity index (χ2v) is 6.65. The molecule has 0 fully saturated rings. The Morgan fingerprint density at radius 2 is 1.86 bits per heavy atom. The van der Waals surface area contributed by atoms with Crippen molar-refractivity contribution >= 4 is 28.6 Å². The quantitative estimate of drug-likeness (QED) is 0.815. The number of anilines is 2. The first-order valence-corrected chi connectivity index (χ1v) is 8.33. The molecule has 110 valence electrons. The van der Waals surface area contributed by atoms with Gasteiger partial charge < -0.3 is 11.1 Å². The average Bonchev–Trinajstić information content (AvgIpc) is 2.84. The number of carbonyl (C=O) groups excluding carboxylic acids is 1. The molecule has 3 rings (SSSR count). The Kier molecular flexibility index (Phi) is 4.25. The summed E-state index contributed by atoms with van der Waals surface area (Å²) in [6, 6.07) is 9.43. The SMILES string of the molecule is Nc1ccccc1NC(=O)c1cc2c(s1)CCCCCC2. The average molecular weight is 300 g/mol. The van der Waals surface area contributed by atoms with E-state index in [0.29, 0.717) is 11.4 Å². The molecule has 0 radical (unpaired) electrons. The zero-order chi connectivity index (χ0) is 14.7. The fraction of sp³-hybridized carbons (Fsp3) is 0.353. The van der Waals surface area contributed by atoms with Crippen LogP contribution in [-0.2, 0) is 12.8 Å². The summed E-state index contributed by atoms with van der Waals surface area (Å²) in [4.78, 5) is 14.6. The predicted molar refractivity (Wildman–Crippen MR) is 89.0 cm³/mol. The molecule has 3 nitrogen and oxygen atoms in total. The van der Waals surface area contributed by atoms with Crippen molar-refractivity contribution in [3.8, 4) is 0 Å². The van der Waals surface area contributed by atoms with Crippen molar-refractivity contribution in [3.05, 3.63) is 45.6 Å². The third-order valence-corrected chi connectivity index (χ3v) is 5.17. The highest BCUT2D eigenvalue weighted by atomic mass is 32.1. The number of nitrogen functional groups attached to an aromatic ring is 1. The summed E-state index contributed by atoms with van der Waals surface area (Å²) in [7, 11) is 0. The molecule has 0 saturated carbocycles. The molecule has 1 aromatic carbocycles. The molecule has 1 amide bonds. The Hall–Kier alpha value is -1.81. The van der Waals surface area contributed by atoms with Crippen molar-refractivity contribution in [2.75, 3.05) is 11.1 Å². The van der Waals surface area contributed by atoms with Gasteiger partial charge in [-0.25, -0.2) is 0 Å². The summed E-state index contributed by atoms with van der Waals surface area (Å²) in [5.74, 6) is -0.0513. The van der Waals surface area contributed by atoms with Crippen LogP contribution >= 0.6 is 11.3 Å². The van der Waals surface area contributed by atoms with Crippen molar-refractivity contribution in [2.24, 2.45) is 0 Å². The van der Waals surface area contributed by atoms with Crippen LogP contribution in [0.4, 0.5) is 11.4 Å². The first-order valence-electron chi connectivity index (χ1n) is 7.51. The normalized spacial score (nSPS) is 14.9. The number of aryl methyl sites for hydroxylation is 2. The summed E-state index contributed by atoms with van der Waals surface area (Å²) in [5, 5.41) is 2.91. The highest BCUT2D eigenvalue weighted by Gasteiger charge is 2.16. The zero-order valence-corrected chi connectivity index (χ0v) is 12.8. The van der Waals surface area contributed by atoms with E-state index < -0.39 is 0 Å². The van der Waals surface area contributed by atoms with E-state index >= 15 is 0 Å². The van der Waals surface area contributed by atoms with Crippen LogP contribution in [0.3, 0.4) is 0 Å². The van der Waals surface area contributed by atoms with E-state index in [-0.39, 0.29) is 5.91 Å². The number of benzene rings is 1. The minimum absolute atomic E-state index is 0.0513. The summed E-state index contributed by atoms with van der Waals surface area (Å²) in [5.41, 5.74) is 8.52.